The SMILES string of the molecule is CCOCCCCNC(=NCC(=O)N(C)C)NCCCN(C)c1ccccc1.I. The van der Waals surface area contributed by atoms with Crippen molar-refractivity contribution in [3.8, 4) is 0 Å². The molecule has 29 heavy (non-hydrogen) atoms. The van der Waals surface area contributed by atoms with Crippen molar-refractivity contribution in [2.75, 3.05) is 65.4 Å². The molecule has 0 unspecified atom stereocenters. The topological polar surface area (TPSA) is 69.2 Å². The Morgan fingerprint density at radius 3 is 2.31 bits per heavy atom. The molecule has 0 radical (unpaired) electrons. The lowest BCUT2D eigenvalue weighted by Gasteiger charge is -2.20. The molecule has 0 spiro atoms. The summed E-state index contributed by atoms with van der Waals surface area (Å²) in [5.41, 5.74) is 1.21. The Kier molecular flexibility index (Phi) is 16.4. The van der Waals surface area contributed by atoms with Crippen molar-refractivity contribution in [1.82, 2.24) is 15.5 Å². The van der Waals surface area contributed by atoms with Crippen LogP contribution in [0.15, 0.2) is 35.3 Å². The number of amides is 1. The summed E-state index contributed by atoms with van der Waals surface area (Å²) in [4.78, 5) is 20.0. The minimum Gasteiger partial charge on any atom is -0.382 e. The van der Waals surface area contributed by atoms with Gasteiger partial charge in [0.2, 0.25) is 5.91 Å². The van der Waals surface area contributed by atoms with Gasteiger partial charge in [0.1, 0.15) is 6.54 Å². The number of halogens is 1. The van der Waals surface area contributed by atoms with E-state index in [1.165, 1.54) is 5.69 Å². The normalized spacial score (nSPS) is 10.8. The highest BCUT2D eigenvalue weighted by molar-refractivity contribution is 14.0. The largest absolute Gasteiger partial charge is 0.382 e. The number of guanidine groups is 1. The molecule has 1 amide bonds. The molecule has 1 aromatic rings. The van der Waals surface area contributed by atoms with Crippen LogP contribution in [0.3, 0.4) is 0 Å². The molecule has 0 saturated heterocycles. The second-order valence-corrected chi connectivity index (χ2v) is 6.82. The van der Waals surface area contributed by atoms with Crippen LogP contribution in [0.2, 0.25) is 0 Å². The second kappa shape index (κ2) is 17.3. The number of carbonyl (C=O) groups is 1. The van der Waals surface area contributed by atoms with Crippen molar-refractivity contribution in [3.05, 3.63) is 30.3 Å². The summed E-state index contributed by atoms with van der Waals surface area (Å²) in [5, 5.41) is 6.64. The molecule has 1 rings (SSSR count). The molecule has 2 N–H and O–H groups in total. The molecule has 7 nitrogen and oxygen atoms in total. The van der Waals surface area contributed by atoms with Gasteiger partial charge in [0.15, 0.2) is 5.96 Å². The van der Waals surface area contributed by atoms with Gasteiger partial charge < -0.3 is 25.2 Å². The van der Waals surface area contributed by atoms with E-state index in [4.69, 9.17) is 4.74 Å². The molecule has 0 fully saturated rings. The summed E-state index contributed by atoms with van der Waals surface area (Å²) in [7, 11) is 5.58. The van der Waals surface area contributed by atoms with E-state index >= 15 is 0 Å². The van der Waals surface area contributed by atoms with Crippen LogP contribution in [0, 0.1) is 0 Å². The Bertz CT molecular complexity index is 569. The summed E-state index contributed by atoms with van der Waals surface area (Å²) in [6.45, 7) is 6.22. The zero-order valence-electron chi connectivity index (χ0n) is 18.3. The molecule has 0 atom stereocenters. The Hall–Kier alpha value is -1.55. The van der Waals surface area contributed by atoms with Gasteiger partial charge in [-0.3, -0.25) is 4.79 Å². The highest BCUT2D eigenvalue weighted by Crippen LogP contribution is 2.10. The molecule has 0 bridgehead atoms. The quantitative estimate of drug-likeness (QED) is 0.182. The van der Waals surface area contributed by atoms with Gasteiger partial charge in [0.05, 0.1) is 0 Å². The van der Waals surface area contributed by atoms with E-state index in [0.717, 1.165) is 52.1 Å². The predicted molar refractivity (Wildman–Crippen MR) is 132 cm³/mol. The predicted octanol–water partition coefficient (Wildman–Crippen LogP) is 2.57. The third-order valence-corrected chi connectivity index (χ3v) is 4.24. The summed E-state index contributed by atoms with van der Waals surface area (Å²) < 4.78 is 5.36. The van der Waals surface area contributed by atoms with Gasteiger partial charge in [-0.1, -0.05) is 18.2 Å². The van der Waals surface area contributed by atoms with Gasteiger partial charge in [0.25, 0.3) is 0 Å². The molecule has 0 aliphatic rings. The molecule has 166 valence electrons. The van der Waals surface area contributed by atoms with Crippen molar-refractivity contribution in [1.29, 1.82) is 0 Å². The Labute approximate surface area is 193 Å². The minimum atomic E-state index is -0.0127. The number of hydrogen-bond acceptors (Lipinski definition) is 4. The van der Waals surface area contributed by atoms with Gasteiger partial charge >= 0.3 is 0 Å². The first-order valence-corrected chi connectivity index (χ1v) is 10.1. The molecule has 8 heteroatoms. The van der Waals surface area contributed by atoms with E-state index in [1.807, 2.05) is 25.1 Å². The molecular formula is C21H38IN5O2. The second-order valence-electron chi connectivity index (χ2n) is 6.82. The van der Waals surface area contributed by atoms with Crippen LogP contribution in [0.25, 0.3) is 0 Å². The Morgan fingerprint density at radius 1 is 1.03 bits per heavy atom. The summed E-state index contributed by atoms with van der Waals surface area (Å²) >= 11 is 0. The Morgan fingerprint density at radius 2 is 1.69 bits per heavy atom. The number of nitrogens with one attached hydrogen (secondary N) is 2. The average Bonchev–Trinajstić information content (AvgIpc) is 2.71. The molecule has 0 aromatic heterocycles. The van der Waals surface area contributed by atoms with Crippen molar-refractivity contribution >= 4 is 41.5 Å². The van der Waals surface area contributed by atoms with E-state index in [1.54, 1.807) is 19.0 Å². The van der Waals surface area contributed by atoms with Crippen LogP contribution in [-0.4, -0.2) is 77.3 Å². The number of nitrogens with zero attached hydrogens (tertiary/aromatic N) is 3. The average molecular weight is 519 g/mol. The summed E-state index contributed by atoms with van der Waals surface area (Å²) in [6, 6.07) is 10.3. The number of anilines is 1. The molecule has 0 saturated carbocycles. The van der Waals surface area contributed by atoms with E-state index in [2.05, 4.69) is 39.7 Å². The highest BCUT2D eigenvalue weighted by Gasteiger charge is 2.05. The van der Waals surface area contributed by atoms with Crippen LogP contribution < -0.4 is 15.5 Å². The fraction of sp³-hybridized carbons (Fsp3) is 0.619. The first-order valence-electron chi connectivity index (χ1n) is 10.1. The number of para-hydroxylation sites is 1. The lowest BCUT2D eigenvalue weighted by Crippen LogP contribution is -2.40. The number of likely N-dealkylation sites (N-methyl/N-ethyl adjacent to an activating group) is 1. The standard InChI is InChI=1S/C21H37N5O2.HI/c1-5-28-17-10-9-14-22-21(24-18-20(27)25(2)3)23-15-11-16-26(4)19-12-7-6-8-13-19;/h6-8,12-13H,5,9-11,14-18H2,1-4H3,(H2,22,23,24);1H. The molecular weight excluding hydrogens is 481 g/mol. The van der Waals surface area contributed by atoms with Crippen LogP contribution in [0.5, 0.6) is 0 Å². The first-order chi connectivity index (χ1) is 13.5. The minimum absolute atomic E-state index is 0. The van der Waals surface area contributed by atoms with E-state index in [0.29, 0.717) is 5.96 Å². The van der Waals surface area contributed by atoms with Crippen LogP contribution in [0.4, 0.5) is 5.69 Å². The van der Waals surface area contributed by atoms with Gasteiger partial charge in [-0.2, -0.15) is 0 Å². The first kappa shape index (κ1) is 27.5. The van der Waals surface area contributed by atoms with Crippen LogP contribution in [-0.2, 0) is 9.53 Å². The van der Waals surface area contributed by atoms with Gasteiger partial charge in [0, 0.05) is 59.7 Å². The number of carbonyl (C=O) groups excluding carboxylic acids is 1. The smallest absolute Gasteiger partial charge is 0.243 e. The number of benzene rings is 1. The lowest BCUT2D eigenvalue weighted by atomic mass is 10.3. The highest BCUT2D eigenvalue weighted by atomic mass is 127. The monoisotopic (exact) mass is 519 g/mol. The molecule has 0 aliphatic carbocycles. The number of aliphatic imine (C=N–C) groups is 1. The van der Waals surface area contributed by atoms with E-state index < -0.39 is 0 Å². The lowest BCUT2D eigenvalue weighted by molar-refractivity contribution is -0.127. The summed E-state index contributed by atoms with van der Waals surface area (Å²) in [6.07, 6.45) is 2.98. The molecule has 1 aromatic carbocycles. The zero-order chi connectivity index (χ0) is 20.6. The molecule has 0 heterocycles. The maximum Gasteiger partial charge on any atom is 0.243 e. The van der Waals surface area contributed by atoms with Crippen LogP contribution >= 0.6 is 24.0 Å². The third kappa shape index (κ3) is 13.3. The van der Waals surface area contributed by atoms with Crippen LogP contribution in [0.1, 0.15) is 26.2 Å². The fourth-order valence-corrected chi connectivity index (χ4v) is 2.48. The third-order valence-electron chi connectivity index (χ3n) is 4.24. The number of ether oxygens (including phenoxy) is 1. The van der Waals surface area contributed by atoms with Crippen molar-refractivity contribution in [2.24, 2.45) is 4.99 Å². The van der Waals surface area contributed by atoms with Gasteiger partial charge in [-0.15, -0.1) is 24.0 Å². The number of rotatable bonds is 13. The Balaban J connectivity index is 0.00000784. The maximum absolute atomic E-state index is 11.8. The van der Waals surface area contributed by atoms with Gasteiger partial charge in [-0.25, -0.2) is 4.99 Å². The van der Waals surface area contributed by atoms with Crippen molar-refractivity contribution in [2.45, 2.75) is 26.2 Å². The number of hydrogen-bond donors (Lipinski definition) is 2. The fourth-order valence-electron chi connectivity index (χ4n) is 2.48. The number of unbranched alkanes of at least 4 members (excludes halogenated alkanes) is 1. The molecule has 0 aliphatic heterocycles. The van der Waals surface area contributed by atoms with Crippen molar-refractivity contribution < 1.29 is 9.53 Å². The maximum atomic E-state index is 11.8. The van der Waals surface area contributed by atoms with Crippen molar-refractivity contribution in [3.63, 3.8) is 0 Å². The zero-order valence-corrected chi connectivity index (χ0v) is 20.6. The van der Waals surface area contributed by atoms with Gasteiger partial charge in [-0.05, 0) is 38.3 Å². The van der Waals surface area contributed by atoms with E-state index in [9.17, 15) is 4.79 Å². The summed E-state index contributed by atoms with van der Waals surface area (Å²) in [5.74, 6) is 0.676. The van der Waals surface area contributed by atoms with E-state index in [-0.39, 0.29) is 36.4 Å².